The second kappa shape index (κ2) is 7.46. The van der Waals surface area contributed by atoms with Gasteiger partial charge in [-0.25, -0.2) is 0 Å². The molecule has 1 aromatic rings. The van der Waals surface area contributed by atoms with Crippen LogP contribution in [0.2, 0.25) is 5.02 Å². The molecule has 1 atom stereocenters. The summed E-state index contributed by atoms with van der Waals surface area (Å²) in [5.41, 5.74) is 0.755. The Bertz CT molecular complexity index is 435. The highest BCUT2D eigenvalue weighted by Gasteiger charge is 2.18. The van der Waals surface area contributed by atoms with Crippen LogP contribution in [0.3, 0.4) is 0 Å². The molecule has 1 aromatic carbocycles. The molecule has 0 bridgehead atoms. The molecular weight excluding hydrogens is 264 g/mol. The Hall–Kier alpha value is -1.13. The number of rotatable bonds is 7. The molecule has 106 valence electrons. The van der Waals surface area contributed by atoms with Crippen LogP contribution in [0, 0.1) is 16.0 Å². The summed E-state index contributed by atoms with van der Waals surface area (Å²) in [5, 5.41) is 14.7. The van der Waals surface area contributed by atoms with Gasteiger partial charge in [0.15, 0.2) is 0 Å². The van der Waals surface area contributed by atoms with Gasteiger partial charge >= 0.3 is 0 Å². The van der Waals surface area contributed by atoms with Crippen molar-refractivity contribution in [2.45, 2.75) is 39.2 Å². The van der Waals surface area contributed by atoms with E-state index in [0.29, 0.717) is 29.0 Å². The monoisotopic (exact) mass is 284 g/mol. The number of hydrogen-bond donors (Lipinski definition) is 1. The van der Waals surface area contributed by atoms with Crippen molar-refractivity contribution in [1.29, 1.82) is 0 Å². The highest BCUT2D eigenvalue weighted by atomic mass is 35.5. The first-order valence-corrected chi connectivity index (χ1v) is 6.92. The quantitative estimate of drug-likeness (QED) is 0.612. The fraction of sp³-hybridized carbons (Fsp3) is 0.571. The summed E-state index contributed by atoms with van der Waals surface area (Å²) in [6.07, 6.45) is 2.52. The van der Waals surface area contributed by atoms with Crippen molar-refractivity contribution in [3.8, 4) is 0 Å². The van der Waals surface area contributed by atoms with Gasteiger partial charge in [-0.05, 0) is 38.3 Å². The maximum atomic E-state index is 11.0. The summed E-state index contributed by atoms with van der Waals surface area (Å²) in [7, 11) is 1.92. The van der Waals surface area contributed by atoms with Crippen molar-refractivity contribution in [2.75, 3.05) is 7.05 Å². The van der Waals surface area contributed by atoms with Crippen LogP contribution in [-0.4, -0.2) is 18.0 Å². The summed E-state index contributed by atoms with van der Waals surface area (Å²) >= 11 is 6.08. The van der Waals surface area contributed by atoms with E-state index in [9.17, 15) is 10.1 Å². The third-order valence-corrected chi connectivity index (χ3v) is 3.55. The van der Waals surface area contributed by atoms with Crippen molar-refractivity contribution < 1.29 is 4.92 Å². The highest BCUT2D eigenvalue weighted by molar-refractivity contribution is 6.31. The average Bonchev–Trinajstić information content (AvgIpc) is 2.34. The van der Waals surface area contributed by atoms with Gasteiger partial charge in [0.05, 0.1) is 9.95 Å². The summed E-state index contributed by atoms with van der Waals surface area (Å²) in [6, 6.07) is 5.20. The van der Waals surface area contributed by atoms with Gasteiger partial charge in [-0.2, -0.15) is 0 Å². The molecule has 0 aliphatic heterocycles. The Morgan fingerprint density at radius 1 is 1.42 bits per heavy atom. The number of nitrogens with zero attached hydrogens (tertiary/aromatic N) is 1. The minimum absolute atomic E-state index is 0.118. The molecule has 0 aromatic heterocycles. The maximum Gasteiger partial charge on any atom is 0.274 e. The fourth-order valence-electron chi connectivity index (χ4n) is 2.23. The van der Waals surface area contributed by atoms with Gasteiger partial charge < -0.3 is 5.32 Å². The van der Waals surface area contributed by atoms with E-state index < -0.39 is 0 Å². The summed E-state index contributed by atoms with van der Waals surface area (Å²) < 4.78 is 0. The second-order valence-electron chi connectivity index (χ2n) is 5.15. The Kier molecular flexibility index (Phi) is 6.25. The van der Waals surface area contributed by atoms with E-state index in [1.807, 2.05) is 7.05 Å². The number of nitro benzene ring substituents is 1. The van der Waals surface area contributed by atoms with Crippen LogP contribution in [0.15, 0.2) is 18.2 Å². The molecule has 0 fully saturated rings. The molecule has 0 saturated carbocycles. The second-order valence-corrected chi connectivity index (χ2v) is 5.56. The van der Waals surface area contributed by atoms with Crippen LogP contribution in [0.1, 0.15) is 32.3 Å². The minimum atomic E-state index is -0.363. The summed E-state index contributed by atoms with van der Waals surface area (Å²) in [5.74, 6) is 0.596. The van der Waals surface area contributed by atoms with Crippen molar-refractivity contribution in [3.63, 3.8) is 0 Å². The van der Waals surface area contributed by atoms with Gasteiger partial charge in [-0.15, -0.1) is 0 Å². The number of nitro groups is 1. The first-order valence-electron chi connectivity index (χ1n) is 6.54. The molecule has 0 amide bonds. The number of hydrogen-bond acceptors (Lipinski definition) is 3. The van der Waals surface area contributed by atoms with E-state index in [0.717, 1.165) is 12.8 Å². The molecule has 0 radical (unpaired) electrons. The predicted octanol–water partition coefficient (Wildman–Crippen LogP) is 3.81. The smallest absolute Gasteiger partial charge is 0.274 e. The topological polar surface area (TPSA) is 55.2 Å². The molecule has 0 aliphatic carbocycles. The predicted molar refractivity (Wildman–Crippen MR) is 78.7 cm³/mol. The van der Waals surface area contributed by atoms with Crippen LogP contribution in [0.5, 0.6) is 0 Å². The summed E-state index contributed by atoms with van der Waals surface area (Å²) in [4.78, 5) is 10.6. The van der Waals surface area contributed by atoms with Crippen LogP contribution in [0.4, 0.5) is 5.69 Å². The Morgan fingerprint density at radius 3 is 2.63 bits per heavy atom. The van der Waals surface area contributed by atoms with E-state index in [2.05, 4.69) is 19.2 Å². The third-order valence-electron chi connectivity index (χ3n) is 3.20. The molecule has 1 unspecified atom stereocenters. The lowest BCUT2D eigenvalue weighted by Crippen LogP contribution is -2.27. The third kappa shape index (κ3) is 4.80. The van der Waals surface area contributed by atoms with E-state index in [1.165, 1.54) is 6.07 Å². The fourth-order valence-corrected chi connectivity index (χ4v) is 2.50. The van der Waals surface area contributed by atoms with Crippen LogP contribution in [0.25, 0.3) is 0 Å². The van der Waals surface area contributed by atoms with Crippen molar-refractivity contribution in [2.24, 2.45) is 5.92 Å². The maximum absolute atomic E-state index is 11.0. The van der Waals surface area contributed by atoms with Gasteiger partial charge in [-0.3, -0.25) is 10.1 Å². The molecule has 0 aliphatic rings. The van der Waals surface area contributed by atoms with Crippen molar-refractivity contribution in [3.05, 3.63) is 38.9 Å². The Balaban J connectivity index is 2.79. The molecule has 0 saturated heterocycles. The minimum Gasteiger partial charge on any atom is -0.317 e. The number of halogens is 1. The lowest BCUT2D eigenvalue weighted by Gasteiger charge is -2.18. The zero-order valence-corrected chi connectivity index (χ0v) is 12.4. The Labute approximate surface area is 119 Å². The van der Waals surface area contributed by atoms with E-state index in [1.54, 1.807) is 12.1 Å². The molecule has 1 rings (SSSR count). The van der Waals surface area contributed by atoms with E-state index >= 15 is 0 Å². The normalized spacial score (nSPS) is 12.7. The number of benzene rings is 1. The van der Waals surface area contributed by atoms with Gasteiger partial charge in [0, 0.05) is 17.7 Å². The van der Waals surface area contributed by atoms with E-state index in [-0.39, 0.29) is 10.6 Å². The first-order chi connectivity index (χ1) is 8.95. The average molecular weight is 285 g/mol. The largest absolute Gasteiger partial charge is 0.317 e. The Morgan fingerprint density at radius 2 is 2.11 bits per heavy atom. The lowest BCUT2D eigenvalue weighted by atomic mass is 9.97. The van der Waals surface area contributed by atoms with Crippen molar-refractivity contribution in [1.82, 2.24) is 5.32 Å². The molecule has 1 N–H and O–H groups in total. The highest BCUT2D eigenvalue weighted by Crippen LogP contribution is 2.28. The number of nitrogens with one attached hydrogen (secondary N) is 1. The van der Waals surface area contributed by atoms with Gasteiger partial charge in [0.2, 0.25) is 0 Å². The molecular formula is C14H21ClN2O2. The molecule has 0 spiro atoms. The van der Waals surface area contributed by atoms with Crippen LogP contribution in [-0.2, 0) is 6.42 Å². The van der Waals surface area contributed by atoms with Gasteiger partial charge in [0.25, 0.3) is 5.69 Å². The van der Waals surface area contributed by atoms with Crippen molar-refractivity contribution >= 4 is 17.3 Å². The molecule has 0 heterocycles. The standard InChI is InChI=1S/C14H21ClN2O2/c1-10(2)9-11(16-3)7-8-12-13(15)5-4-6-14(12)17(18)19/h4-6,10-11,16H,7-9H2,1-3H3. The molecule has 19 heavy (non-hydrogen) atoms. The van der Waals surface area contributed by atoms with Crippen LogP contribution >= 0.6 is 11.6 Å². The van der Waals surface area contributed by atoms with Crippen LogP contribution < -0.4 is 5.32 Å². The summed E-state index contributed by atoms with van der Waals surface area (Å²) in [6.45, 7) is 4.34. The van der Waals surface area contributed by atoms with Gasteiger partial charge in [-0.1, -0.05) is 31.5 Å². The first kappa shape index (κ1) is 15.9. The van der Waals surface area contributed by atoms with E-state index in [4.69, 9.17) is 11.6 Å². The zero-order chi connectivity index (χ0) is 14.4. The molecule has 5 heteroatoms. The van der Waals surface area contributed by atoms with Gasteiger partial charge in [0.1, 0.15) is 0 Å². The molecule has 4 nitrogen and oxygen atoms in total. The zero-order valence-electron chi connectivity index (χ0n) is 11.6. The lowest BCUT2D eigenvalue weighted by molar-refractivity contribution is -0.385. The SMILES string of the molecule is CNC(CCc1c(Cl)cccc1[N+](=O)[O-])CC(C)C.